The lowest BCUT2D eigenvalue weighted by Gasteiger charge is -2.22. The van der Waals surface area contributed by atoms with Crippen LogP contribution in [-0.4, -0.2) is 13.7 Å². The van der Waals surface area contributed by atoms with Crippen LogP contribution in [0.4, 0.5) is 0 Å². The zero-order chi connectivity index (χ0) is 100. The highest BCUT2D eigenvalue weighted by Crippen LogP contribution is 2.57. The third-order valence-corrected chi connectivity index (χ3v) is 32.8. The minimum Gasteiger partial charge on any atom is -0.456 e. The van der Waals surface area contributed by atoms with E-state index in [1.807, 2.05) is 0 Å². The van der Waals surface area contributed by atoms with Gasteiger partial charge in [-0.15, -0.1) is 0 Å². The second-order valence-electron chi connectivity index (χ2n) is 46.3. The Morgan fingerprint density at radius 3 is 1.32 bits per heavy atom. The van der Waals surface area contributed by atoms with Crippen LogP contribution in [0.2, 0.25) is 0 Å². The van der Waals surface area contributed by atoms with Crippen LogP contribution in [0.15, 0.2) is 329 Å². The van der Waals surface area contributed by atoms with Gasteiger partial charge < -0.3 is 27.0 Å². The molecule has 0 spiro atoms. The second kappa shape index (κ2) is 31.7. The van der Waals surface area contributed by atoms with Crippen molar-refractivity contribution in [2.45, 2.75) is 173 Å². The maximum absolute atomic E-state index is 6.97. The summed E-state index contributed by atoms with van der Waals surface area (Å²) in [6.07, 6.45) is 0. The fourth-order valence-corrected chi connectivity index (χ4v) is 25.9. The Kier molecular flexibility index (Phi) is 19.3. The molecule has 710 valence electrons. The molecule has 6 heteroatoms. The highest BCUT2D eigenvalue weighted by molar-refractivity contribution is 6.42. The van der Waals surface area contributed by atoms with Crippen molar-refractivity contribution in [3.05, 3.63) is 388 Å². The van der Waals surface area contributed by atoms with Crippen LogP contribution in [-0.2, 0) is 16.2 Å². The number of para-hydroxylation sites is 3. The van der Waals surface area contributed by atoms with Crippen LogP contribution in [0.25, 0.3) is 268 Å². The molecule has 6 aromatic heterocycles. The smallest absolute Gasteiger partial charge is 0.143 e. The number of nitrogens with zero attached hydrogens (tertiary/aromatic N) is 3. The van der Waals surface area contributed by atoms with E-state index >= 15 is 0 Å². The van der Waals surface area contributed by atoms with Gasteiger partial charge in [0.2, 0.25) is 0 Å². The first-order chi connectivity index (χ1) is 70.2. The lowest BCUT2D eigenvalue weighted by Crippen LogP contribution is -2.10. The molecular formula is C140H117N3O3. The Labute approximate surface area is 849 Å². The first-order valence-electron chi connectivity index (χ1n) is 52.3. The number of fused-ring (bicyclic) bond motifs is 24. The number of aryl methyl sites for hydroxylation is 8. The topological polar surface area (TPSA) is 54.2 Å². The minimum absolute atomic E-state index is 0.00476. The van der Waals surface area contributed by atoms with Crippen molar-refractivity contribution in [2.24, 2.45) is 0 Å². The number of aromatic nitrogens is 3. The Morgan fingerprint density at radius 1 is 0.212 bits per heavy atom. The highest BCUT2D eigenvalue weighted by atomic mass is 16.3. The molecule has 0 aliphatic carbocycles. The number of rotatable bonds is 7. The predicted octanol–water partition coefficient (Wildman–Crippen LogP) is 40.7. The van der Waals surface area contributed by atoms with E-state index in [1.165, 1.54) is 295 Å². The predicted molar refractivity (Wildman–Crippen MR) is 628 cm³/mol. The average Bonchev–Trinajstić information content (AvgIpc) is 1.46. The van der Waals surface area contributed by atoms with Crippen molar-refractivity contribution in [1.82, 2.24) is 13.7 Å². The standard InChI is InChI=1S/C54H43NO.C48H47NO.C38H27NO/c1-30-15-13-16-31(2)48(30)38-27-43-50-37-24-23-34(54(5,6)7)25-46(37)56-47(50)29-41-39(49-32(3)17-14-18-33(49)4)28-44-52(51(41)43)40(38)26-42-36-21-11-12-22-45(36)55(53(42)44)35-19-9-8-10-20-35;1-26(2)33-22-38-43-32-19-17-28(47(5,6)7)20-40(32)49(30-14-12-11-13-15-30)41(43)25-36-34(27(3)4)23-39-45(44(36)38)35(33)24-37-31-18-16-29(48(8,9)10)21-42(31)50-46(37)39;1-20-6-12-34-30(16-20)31-18-24-7-10-28-35-25(8-11-29(36(24)35)38(31)40-34)19-33-37(28)27-9-5-21(2)17-32(27)39(33)26-14-22(3)13-23(4)15-26/h8-29H,1-7H3;11-27H,1-10H3;5-19H,1-4H3. The SMILES string of the molecule is CC(C)c1cc2c3c(cc4c2c2ccc(C(C)(C)C)cc2n4-c2ccccc2)c(C(C)C)cc2c4oc5cc(C(C)(C)C)ccc5c4cc1c23.Cc1cc(C)cc(-n2c3cc(C)ccc3c3c4ccc5cc6c7cc(C)ccc7oc6c6ccc(cc32)c4c56)c1.Cc1cccc(C)c1-c1cc2c3c(cc4c5ccccc5n(-c5ccccc5)c42)c(-c2c(C)cccc2C)cc2c4c(cc1c23)oc1cc(C(C)(C)C)ccc14. The summed E-state index contributed by atoms with van der Waals surface area (Å²) in [4.78, 5) is 0. The van der Waals surface area contributed by atoms with Gasteiger partial charge in [0, 0.05) is 114 Å². The fraction of sp³-hybridized carbons (Fsp3) is 0.186. The van der Waals surface area contributed by atoms with Crippen molar-refractivity contribution in [1.29, 1.82) is 0 Å². The summed E-state index contributed by atoms with van der Waals surface area (Å²) in [5, 5.41) is 38.1. The van der Waals surface area contributed by atoms with Crippen LogP contribution >= 0.6 is 0 Å². The number of hydrogen-bond donors (Lipinski definition) is 0. The van der Waals surface area contributed by atoms with Gasteiger partial charge in [-0.3, -0.25) is 0 Å². The van der Waals surface area contributed by atoms with Gasteiger partial charge in [-0.05, 0) is 383 Å². The Bertz CT molecular complexity index is 10600. The first kappa shape index (κ1) is 88.9. The zero-order valence-corrected chi connectivity index (χ0v) is 87.2. The maximum Gasteiger partial charge on any atom is 0.143 e. The number of hydrogen-bond acceptors (Lipinski definition) is 3. The van der Waals surface area contributed by atoms with Gasteiger partial charge >= 0.3 is 0 Å². The molecule has 0 aliphatic heterocycles. The second-order valence-corrected chi connectivity index (χ2v) is 46.3. The van der Waals surface area contributed by atoms with E-state index in [2.05, 4.69) is 475 Å². The van der Waals surface area contributed by atoms with Gasteiger partial charge in [0.1, 0.15) is 33.5 Å². The van der Waals surface area contributed by atoms with Gasteiger partial charge in [-0.25, -0.2) is 0 Å². The molecule has 0 saturated carbocycles. The summed E-state index contributed by atoms with van der Waals surface area (Å²) < 4.78 is 27.9. The highest BCUT2D eigenvalue weighted by Gasteiger charge is 2.33. The Hall–Kier alpha value is -16.0. The van der Waals surface area contributed by atoms with Crippen molar-refractivity contribution in [3.8, 4) is 39.3 Å². The summed E-state index contributed by atoms with van der Waals surface area (Å²) >= 11 is 0. The summed E-state index contributed by atoms with van der Waals surface area (Å²) in [5.74, 6) is 0.678. The minimum atomic E-state index is 0.00476. The van der Waals surface area contributed by atoms with E-state index in [1.54, 1.807) is 0 Å². The summed E-state index contributed by atoms with van der Waals surface area (Å²) in [7, 11) is 0. The van der Waals surface area contributed by atoms with Gasteiger partial charge in [0.05, 0.1) is 33.1 Å². The molecule has 29 rings (SSSR count). The summed E-state index contributed by atoms with van der Waals surface area (Å²) in [5.41, 5.74) is 38.9. The molecule has 0 aliphatic rings. The molecule has 6 heterocycles. The molecule has 0 radical (unpaired) electrons. The molecule has 0 saturated heterocycles. The van der Waals surface area contributed by atoms with Crippen molar-refractivity contribution >= 4 is 228 Å². The molecule has 0 atom stereocenters. The van der Waals surface area contributed by atoms with Crippen LogP contribution in [0.3, 0.4) is 0 Å². The van der Waals surface area contributed by atoms with E-state index in [0.717, 1.165) is 44.6 Å². The van der Waals surface area contributed by atoms with Crippen molar-refractivity contribution in [2.75, 3.05) is 0 Å². The molecule has 23 aromatic carbocycles. The van der Waals surface area contributed by atoms with E-state index in [-0.39, 0.29) is 16.2 Å². The molecule has 6 nitrogen and oxygen atoms in total. The monoisotopic (exact) mass is 1890 g/mol. The molecule has 29 aromatic rings. The molecule has 0 fully saturated rings. The summed E-state index contributed by atoms with van der Waals surface area (Å²) in [6.45, 7) is 47.7. The fourth-order valence-electron chi connectivity index (χ4n) is 25.9. The summed E-state index contributed by atoms with van der Waals surface area (Å²) in [6, 6.07) is 119. The normalized spacial score (nSPS) is 12.8. The largest absolute Gasteiger partial charge is 0.456 e. The molecule has 0 amide bonds. The van der Waals surface area contributed by atoms with Gasteiger partial charge in [-0.2, -0.15) is 0 Å². The lowest BCUT2D eigenvalue weighted by molar-refractivity contribution is 0.587. The molecular weight excluding hydrogens is 1770 g/mol. The Balaban J connectivity index is 0.000000110. The van der Waals surface area contributed by atoms with Crippen LogP contribution < -0.4 is 0 Å². The lowest BCUT2D eigenvalue weighted by atomic mass is 9.81. The van der Waals surface area contributed by atoms with Crippen LogP contribution in [0, 0.1) is 55.4 Å². The van der Waals surface area contributed by atoms with E-state index in [0.29, 0.717) is 11.8 Å². The van der Waals surface area contributed by atoms with Gasteiger partial charge in [0.25, 0.3) is 0 Å². The quantitative estimate of drug-likeness (QED) is 0.149. The molecule has 0 unspecified atom stereocenters. The molecule has 0 N–H and O–H groups in total. The van der Waals surface area contributed by atoms with Crippen LogP contribution in [0.5, 0.6) is 0 Å². The number of benzene rings is 23. The third kappa shape index (κ3) is 13.2. The maximum atomic E-state index is 6.97. The zero-order valence-electron chi connectivity index (χ0n) is 87.2. The van der Waals surface area contributed by atoms with Crippen molar-refractivity contribution < 1.29 is 13.3 Å². The molecule has 146 heavy (non-hydrogen) atoms. The average molecular weight is 1890 g/mol. The first-order valence-corrected chi connectivity index (χ1v) is 52.3. The van der Waals surface area contributed by atoms with Crippen LogP contribution in [0.1, 0.15) is 174 Å². The molecule has 0 bridgehead atoms. The van der Waals surface area contributed by atoms with E-state index < -0.39 is 0 Å². The van der Waals surface area contributed by atoms with Crippen molar-refractivity contribution in [3.63, 3.8) is 0 Å². The van der Waals surface area contributed by atoms with Gasteiger partial charge in [0.15, 0.2) is 0 Å². The third-order valence-electron chi connectivity index (χ3n) is 32.8. The van der Waals surface area contributed by atoms with E-state index in [9.17, 15) is 0 Å². The van der Waals surface area contributed by atoms with E-state index in [4.69, 9.17) is 13.3 Å². The Morgan fingerprint density at radius 2 is 0.671 bits per heavy atom. The van der Waals surface area contributed by atoms with Gasteiger partial charge in [-0.1, -0.05) is 265 Å². The number of furan rings is 3.